The summed E-state index contributed by atoms with van der Waals surface area (Å²) in [6.45, 7) is 6.60. The van der Waals surface area contributed by atoms with Gasteiger partial charge < -0.3 is 9.55 Å². The van der Waals surface area contributed by atoms with E-state index in [0.717, 1.165) is 29.0 Å². The molecule has 20 heavy (non-hydrogen) atoms. The fourth-order valence-electron chi connectivity index (χ4n) is 2.54. The van der Waals surface area contributed by atoms with Crippen LogP contribution in [0.1, 0.15) is 39.2 Å². The van der Waals surface area contributed by atoms with Gasteiger partial charge >= 0.3 is 0 Å². The molecule has 2 heterocycles. The van der Waals surface area contributed by atoms with Crippen LogP contribution in [-0.4, -0.2) is 14.5 Å². The van der Waals surface area contributed by atoms with Crippen molar-refractivity contribution in [1.82, 2.24) is 14.5 Å². The number of aryl methyl sites for hydroxylation is 2. The Kier molecular flexibility index (Phi) is 3.13. The third kappa shape index (κ3) is 2.13. The van der Waals surface area contributed by atoms with Gasteiger partial charge in [0.2, 0.25) is 0 Å². The van der Waals surface area contributed by atoms with E-state index in [0.29, 0.717) is 5.92 Å². The van der Waals surface area contributed by atoms with Gasteiger partial charge in [0.15, 0.2) is 5.82 Å². The molecule has 0 amide bonds. The first kappa shape index (κ1) is 13.0. The summed E-state index contributed by atoms with van der Waals surface area (Å²) in [5.41, 5.74) is 5.97. The van der Waals surface area contributed by atoms with Gasteiger partial charge in [0.1, 0.15) is 0 Å². The molecule has 0 spiro atoms. The van der Waals surface area contributed by atoms with Crippen molar-refractivity contribution in [3.05, 3.63) is 41.6 Å². The summed E-state index contributed by atoms with van der Waals surface area (Å²) in [5, 5.41) is 0. The Bertz CT molecular complexity index is 753. The quantitative estimate of drug-likeness (QED) is 0.746. The number of imidazole rings is 1. The molecule has 0 atom stereocenters. The second-order valence-electron chi connectivity index (χ2n) is 5.71. The molecule has 0 aliphatic rings. The van der Waals surface area contributed by atoms with E-state index < -0.39 is 0 Å². The molecule has 0 aliphatic heterocycles. The summed E-state index contributed by atoms with van der Waals surface area (Å²) in [7, 11) is 2.08. The van der Waals surface area contributed by atoms with E-state index in [2.05, 4.69) is 67.8 Å². The molecular weight excluding hydrogens is 246 g/mol. The molecular formula is C17H23N3. The largest absolute Gasteiger partial charge is 0.348 e. The average molecular weight is 269 g/mol. The summed E-state index contributed by atoms with van der Waals surface area (Å²) < 4.78 is 2.15. The van der Waals surface area contributed by atoms with Gasteiger partial charge in [-0.1, -0.05) is 26.8 Å². The normalized spacial score (nSPS) is 11.7. The highest BCUT2D eigenvalue weighted by atomic mass is 15.0. The number of H-pyrrole nitrogens is 1. The van der Waals surface area contributed by atoms with E-state index in [-0.39, 0.29) is 1.43 Å². The lowest BCUT2D eigenvalue weighted by atomic mass is 10.1. The van der Waals surface area contributed by atoms with Crippen LogP contribution in [0.15, 0.2) is 30.5 Å². The highest BCUT2D eigenvalue weighted by molar-refractivity contribution is 5.79. The first-order valence-corrected chi connectivity index (χ1v) is 7.23. The predicted octanol–water partition coefficient (Wildman–Crippen LogP) is 4.50. The molecule has 3 nitrogen and oxygen atoms in total. The Hall–Kier alpha value is -2.03. The number of nitrogens with zero attached hydrogens (tertiary/aromatic N) is 2. The zero-order valence-corrected chi connectivity index (χ0v) is 12.6. The maximum absolute atomic E-state index is 4.72. The highest BCUT2D eigenvalue weighted by Crippen LogP contribution is 2.26. The molecule has 0 bridgehead atoms. The molecule has 2 aromatic heterocycles. The Morgan fingerprint density at radius 3 is 2.75 bits per heavy atom. The Labute approximate surface area is 121 Å². The summed E-state index contributed by atoms with van der Waals surface area (Å²) in [6.07, 6.45) is 3.23. The predicted molar refractivity (Wildman–Crippen MR) is 86.1 cm³/mol. The van der Waals surface area contributed by atoms with Gasteiger partial charge in [-0.2, -0.15) is 0 Å². The van der Waals surface area contributed by atoms with Gasteiger partial charge in [0, 0.05) is 14.7 Å². The van der Waals surface area contributed by atoms with E-state index in [4.69, 9.17) is 4.98 Å². The lowest BCUT2D eigenvalue weighted by molar-refractivity contribution is 0.850. The number of rotatable bonds is 3. The fourth-order valence-corrected chi connectivity index (χ4v) is 2.54. The Balaban J connectivity index is 0.00000161. The van der Waals surface area contributed by atoms with Crippen LogP contribution in [0.5, 0.6) is 0 Å². The molecule has 106 valence electrons. The van der Waals surface area contributed by atoms with Gasteiger partial charge in [-0.05, 0) is 41.7 Å². The SMILES string of the molecule is CCc1ccc2nc(-c3cc(C(C)C)cn3C)[nH]c2c1.[HH]. The lowest BCUT2D eigenvalue weighted by Gasteiger charge is -1.97. The molecule has 1 N–H and O–H groups in total. The topological polar surface area (TPSA) is 33.6 Å². The first-order valence-electron chi connectivity index (χ1n) is 7.23. The van der Waals surface area contributed by atoms with Crippen molar-refractivity contribution in [2.75, 3.05) is 0 Å². The average Bonchev–Trinajstić information content (AvgIpc) is 3.00. The van der Waals surface area contributed by atoms with Crippen LogP contribution in [0, 0.1) is 0 Å². The van der Waals surface area contributed by atoms with Crippen molar-refractivity contribution in [1.29, 1.82) is 0 Å². The number of hydrogen-bond acceptors (Lipinski definition) is 1. The molecule has 0 unspecified atom stereocenters. The zero-order valence-electron chi connectivity index (χ0n) is 12.6. The zero-order chi connectivity index (χ0) is 14.3. The number of fused-ring (bicyclic) bond motifs is 1. The van der Waals surface area contributed by atoms with Gasteiger partial charge in [-0.3, -0.25) is 0 Å². The van der Waals surface area contributed by atoms with Gasteiger partial charge in [0.05, 0.1) is 16.7 Å². The standard InChI is InChI=1S/C17H21N3.H2/c1-5-12-6-7-14-15(8-12)19-17(18-14)16-9-13(11(2)3)10-20(16)4;/h6-11H,5H2,1-4H3,(H,18,19);1H. The van der Waals surface area contributed by atoms with Crippen LogP contribution in [0.3, 0.4) is 0 Å². The van der Waals surface area contributed by atoms with Gasteiger partial charge in [-0.15, -0.1) is 0 Å². The van der Waals surface area contributed by atoms with E-state index >= 15 is 0 Å². The van der Waals surface area contributed by atoms with Crippen molar-refractivity contribution in [3.8, 4) is 11.5 Å². The van der Waals surface area contributed by atoms with Crippen LogP contribution in [-0.2, 0) is 13.5 Å². The number of aromatic amines is 1. The number of benzene rings is 1. The van der Waals surface area contributed by atoms with E-state index in [1.54, 1.807) is 0 Å². The molecule has 0 radical (unpaired) electrons. The van der Waals surface area contributed by atoms with Crippen LogP contribution < -0.4 is 0 Å². The molecule has 0 aliphatic carbocycles. The smallest absolute Gasteiger partial charge is 0.155 e. The van der Waals surface area contributed by atoms with Gasteiger partial charge in [-0.25, -0.2) is 4.98 Å². The minimum absolute atomic E-state index is 0. The minimum Gasteiger partial charge on any atom is -0.348 e. The number of nitrogens with one attached hydrogen (secondary N) is 1. The molecule has 0 saturated carbocycles. The van der Waals surface area contributed by atoms with Crippen LogP contribution in [0.2, 0.25) is 0 Å². The Morgan fingerprint density at radius 1 is 1.30 bits per heavy atom. The maximum Gasteiger partial charge on any atom is 0.155 e. The molecule has 0 fully saturated rings. The lowest BCUT2D eigenvalue weighted by Crippen LogP contribution is -1.90. The summed E-state index contributed by atoms with van der Waals surface area (Å²) in [6, 6.07) is 8.67. The summed E-state index contributed by atoms with van der Waals surface area (Å²) in [4.78, 5) is 8.16. The van der Waals surface area contributed by atoms with Crippen molar-refractivity contribution >= 4 is 11.0 Å². The van der Waals surface area contributed by atoms with E-state index in [9.17, 15) is 0 Å². The van der Waals surface area contributed by atoms with Crippen LogP contribution in [0.25, 0.3) is 22.6 Å². The molecule has 3 aromatic rings. The van der Waals surface area contributed by atoms with Crippen molar-refractivity contribution in [3.63, 3.8) is 0 Å². The van der Waals surface area contributed by atoms with Crippen LogP contribution in [0.4, 0.5) is 0 Å². The molecule has 3 rings (SSSR count). The second kappa shape index (κ2) is 4.82. The highest BCUT2D eigenvalue weighted by Gasteiger charge is 2.12. The summed E-state index contributed by atoms with van der Waals surface area (Å²) in [5.74, 6) is 1.48. The molecule has 0 saturated heterocycles. The first-order chi connectivity index (χ1) is 9.58. The third-order valence-electron chi connectivity index (χ3n) is 3.89. The van der Waals surface area contributed by atoms with Crippen molar-refractivity contribution < 1.29 is 1.43 Å². The summed E-state index contributed by atoms with van der Waals surface area (Å²) >= 11 is 0. The molecule has 3 heteroatoms. The van der Waals surface area contributed by atoms with Crippen molar-refractivity contribution in [2.24, 2.45) is 7.05 Å². The molecule has 1 aromatic carbocycles. The van der Waals surface area contributed by atoms with Crippen LogP contribution >= 0.6 is 0 Å². The fraction of sp³-hybridized carbons (Fsp3) is 0.353. The third-order valence-corrected chi connectivity index (χ3v) is 3.89. The number of aromatic nitrogens is 3. The monoisotopic (exact) mass is 269 g/mol. The maximum atomic E-state index is 4.72. The second-order valence-corrected chi connectivity index (χ2v) is 5.71. The van der Waals surface area contributed by atoms with E-state index in [1.807, 2.05) is 0 Å². The van der Waals surface area contributed by atoms with Crippen molar-refractivity contribution in [2.45, 2.75) is 33.1 Å². The van der Waals surface area contributed by atoms with Gasteiger partial charge in [0.25, 0.3) is 0 Å². The minimum atomic E-state index is 0. The number of hydrogen-bond donors (Lipinski definition) is 1. The van der Waals surface area contributed by atoms with E-state index in [1.165, 1.54) is 11.1 Å². The Morgan fingerprint density at radius 2 is 2.10 bits per heavy atom.